The summed E-state index contributed by atoms with van der Waals surface area (Å²) in [6, 6.07) is 0. The molecular weight excluding hydrogens is 344 g/mol. The Kier molecular flexibility index (Phi) is 7.93. The van der Waals surface area contributed by atoms with Crippen molar-refractivity contribution in [3.8, 4) is 5.75 Å². The molecule has 0 unspecified atom stereocenters. The molecule has 9 heteroatoms. The molecule has 0 radical (unpaired) electrons. The van der Waals surface area contributed by atoms with Gasteiger partial charge in [0.05, 0.1) is 21.0 Å². The van der Waals surface area contributed by atoms with Gasteiger partial charge < -0.3 is 14.6 Å². The van der Waals surface area contributed by atoms with Crippen LogP contribution in [0.15, 0.2) is 0 Å². The summed E-state index contributed by atoms with van der Waals surface area (Å²) in [5, 5.41) is 9.84. The summed E-state index contributed by atoms with van der Waals surface area (Å²) in [6.45, 7) is -0.728. The third-order valence-corrected chi connectivity index (χ3v) is 3.75. The van der Waals surface area contributed by atoms with Crippen molar-refractivity contribution < 1.29 is 44.2 Å². The number of benzene rings is 1. The fraction of sp³-hybridized carbons (Fsp3) is 0.125. The number of carboxylic acids is 1. The van der Waals surface area contributed by atoms with Crippen LogP contribution < -0.4 is 39.4 Å². The Balaban J connectivity index is 0.00000256. The minimum atomic E-state index is -1.44. The van der Waals surface area contributed by atoms with Gasteiger partial charge in [0, 0.05) is 0 Å². The van der Waals surface area contributed by atoms with Crippen LogP contribution in [-0.4, -0.2) is 12.6 Å². The van der Waals surface area contributed by atoms with Crippen molar-refractivity contribution in [1.29, 1.82) is 0 Å². The average molecular weight is 346 g/mol. The zero-order chi connectivity index (χ0) is 12.5. The smallest absolute Gasteiger partial charge is 0.546 e. The molecule has 0 N–H and O–H groups in total. The van der Waals surface area contributed by atoms with E-state index in [2.05, 4.69) is 0 Å². The van der Waals surface area contributed by atoms with Gasteiger partial charge in [0.2, 0.25) is 0 Å². The Labute approximate surface area is 144 Å². The van der Waals surface area contributed by atoms with E-state index in [1.54, 1.807) is 0 Å². The van der Waals surface area contributed by atoms with Crippen LogP contribution in [0.5, 0.6) is 5.75 Å². The minimum absolute atomic E-state index is 0. The first-order valence-corrected chi connectivity index (χ1v) is 5.59. The Morgan fingerprint density at radius 1 is 0.941 bits per heavy atom. The first-order valence-electron chi connectivity index (χ1n) is 3.70. The van der Waals surface area contributed by atoms with Gasteiger partial charge in [-0.2, -0.15) is 0 Å². The maximum atomic E-state index is 10.2. The third-order valence-electron chi connectivity index (χ3n) is 1.50. The van der Waals surface area contributed by atoms with Gasteiger partial charge in [-0.15, -0.1) is 0 Å². The molecule has 0 aliphatic carbocycles. The molecule has 0 fully saturated rings. The number of hydrogen-bond donors (Lipinski definition) is 0. The second kappa shape index (κ2) is 7.51. The molecule has 0 bridgehead atoms. The van der Waals surface area contributed by atoms with Gasteiger partial charge in [-0.05, 0) is 0 Å². The molecule has 0 atom stereocenters. The molecule has 1 aromatic carbocycles. The maximum absolute atomic E-state index is 10.2. The van der Waals surface area contributed by atoms with E-state index >= 15 is 0 Å². The van der Waals surface area contributed by atoms with Crippen molar-refractivity contribution in [3.63, 3.8) is 0 Å². The van der Waals surface area contributed by atoms with Crippen LogP contribution in [-0.2, 0) is 4.79 Å². The molecule has 0 heterocycles. The van der Waals surface area contributed by atoms with Crippen molar-refractivity contribution in [3.05, 3.63) is 25.1 Å². The Bertz CT molecular complexity index is 422. The van der Waals surface area contributed by atoms with Crippen LogP contribution in [0.2, 0.25) is 25.1 Å². The quantitative estimate of drug-likeness (QED) is 0.443. The fourth-order valence-corrected chi connectivity index (χ4v) is 2.07. The van der Waals surface area contributed by atoms with Crippen molar-refractivity contribution >= 4 is 64.0 Å². The Hall–Kier alpha value is 0.940. The van der Waals surface area contributed by atoms with Crippen LogP contribution in [0.25, 0.3) is 0 Å². The number of aliphatic carboxylic acids is 1. The number of rotatable bonds is 3. The van der Waals surface area contributed by atoms with Gasteiger partial charge >= 0.3 is 29.6 Å². The van der Waals surface area contributed by atoms with Crippen molar-refractivity contribution in [2.75, 3.05) is 6.61 Å². The molecule has 0 amide bonds. The van der Waals surface area contributed by atoms with Gasteiger partial charge in [0.25, 0.3) is 0 Å². The number of hydrogen-bond acceptors (Lipinski definition) is 3. The summed E-state index contributed by atoms with van der Waals surface area (Å²) < 4.78 is 4.79. The minimum Gasteiger partial charge on any atom is -0.546 e. The van der Waals surface area contributed by atoms with E-state index in [1.807, 2.05) is 0 Å². The third kappa shape index (κ3) is 4.22. The van der Waals surface area contributed by atoms with Crippen molar-refractivity contribution in [2.24, 2.45) is 0 Å². The van der Waals surface area contributed by atoms with Crippen LogP contribution in [0.4, 0.5) is 0 Å². The molecule has 88 valence electrons. The molecule has 0 saturated carbocycles. The van der Waals surface area contributed by atoms with Gasteiger partial charge in [0.15, 0.2) is 5.75 Å². The molecule has 1 rings (SSSR count). The molecule has 17 heavy (non-hydrogen) atoms. The SMILES string of the molecule is O=C([O-])COc1c(Cl)c(Cl)c(Cl)c(Cl)c1Cl.[Na+]. The summed E-state index contributed by atoms with van der Waals surface area (Å²) in [4.78, 5) is 10.2. The van der Waals surface area contributed by atoms with E-state index in [9.17, 15) is 9.90 Å². The number of ether oxygens (including phenoxy) is 1. The van der Waals surface area contributed by atoms with E-state index in [0.717, 1.165) is 0 Å². The topological polar surface area (TPSA) is 49.4 Å². The first-order chi connectivity index (χ1) is 7.36. The summed E-state index contributed by atoms with van der Waals surface area (Å²) >= 11 is 28.7. The van der Waals surface area contributed by atoms with Crippen LogP contribution in [0.3, 0.4) is 0 Å². The molecule has 0 spiro atoms. The molecule has 0 aliphatic rings. The van der Waals surface area contributed by atoms with Crippen LogP contribution in [0, 0.1) is 0 Å². The standard InChI is InChI=1S/C8H3Cl5O3.Na/c9-3-4(10)6(12)8(7(13)5(3)11)16-1-2(14)15;/h1H2,(H,14,15);/q;+1/p-1. The normalized spacial score (nSPS) is 9.71. The molecular formula is C8H2Cl5NaO3. The summed E-state index contributed by atoms with van der Waals surface area (Å²) in [6.07, 6.45) is 0. The molecule has 0 aliphatic heterocycles. The zero-order valence-electron chi connectivity index (χ0n) is 8.32. The molecule has 3 nitrogen and oxygen atoms in total. The average Bonchev–Trinajstić information content (AvgIpc) is 2.23. The Morgan fingerprint density at radius 3 is 1.65 bits per heavy atom. The van der Waals surface area contributed by atoms with Crippen LogP contribution >= 0.6 is 58.0 Å². The van der Waals surface area contributed by atoms with Gasteiger partial charge in [-0.1, -0.05) is 58.0 Å². The van der Waals surface area contributed by atoms with E-state index in [-0.39, 0.29) is 60.4 Å². The van der Waals surface area contributed by atoms with Crippen LogP contribution in [0.1, 0.15) is 0 Å². The number of halogens is 5. The van der Waals surface area contributed by atoms with Gasteiger partial charge in [0.1, 0.15) is 16.7 Å². The number of carboxylic acid groups (broad SMARTS) is 1. The summed E-state index contributed by atoms with van der Waals surface area (Å²) in [7, 11) is 0. The van der Waals surface area contributed by atoms with Crippen molar-refractivity contribution in [1.82, 2.24) is 0 Å². The van der Waals surface area contributed by atoms with E-state index < -0.39 is 12.6 Å². The van der Waals surface area contributed by atoms with Gasteiger partial charge in [-0.3, -0.25) is 0 Å². The van der Waals surface area contributed by atoms with Crippen molar-refractivity contribution in [2.45, 2.75) is 0 Å². The summed E-state index contributed by atoms with van der Waals surface area (Å²) in [5.41, 5.74) is 0. The van der Waals surface area contributed by atoms with Gasteiger partial charge in [-0.25, -0.2) is 0 Å². The molecule has 0 aromatic heterocycles. The molecule has 1 aromatic rings. The molecule has 0 saturated heterocycles. The first kappa shape index (κ1) is 17.9. The van der Waals surface area contributed by atoms with E-state index in [1.165, 1.54) is 0 Å². The predicted molar refractivity (Wildman–Crippen MR) is 62.0 cm³/mol. The monoisotopic (exact) mass is 344 g/mol. The van der Waals surface area contributed by atoms with E-state index in [0.29, 0.717) is 0 Å². The Morgan fingerprint density at radius 2 is 1.29 bits per heavy atom. The second-order valence-electron chi connectivity index (χ2n) is 2.56. The summed E-state index contributed by atoms with van der Waals surface area (Å²) in [5.74, 6) is -1.58. The number of carbonyl (C=O) groups is 1. The largest absolute Gasteiger partial charge is 1.00 e. The predicted octanol–water partition coefficient (Wildman–Crippen LogP) is 0.0863. The number of carbonyl (C=O) groups excluding carboxylic acids is 1. The second-order valence-corrected chi connectivity index (χ2v) is 4.45. The zero-order valence-corrected chi connectivity index (χ0v) is 14.1. The fourth-order valence-electron chi connectivity index (χ4n) is 0.843. The van der Waals surface area contributed by atoms with E-state index in [4.69, 9.17) is 62.7 Å². The maximum Gasteiger partial charge on any atom is 1.00 e.